The maximum Gasteiger partial charge on any atom is 0.238 e. The molecule has 1 aliphatic rings. The van der Waals surface area contributed by atoms with Gasteiger partial charge in [0.1, 0.15) is 5.75 Å². The number of likely N-dealkylation sites (N-methyl/N-ethyl adjacent to an activating group) is 1. The lowest BCUT2D eigenvalue weighted by Crippen LogP contribution is -2.31. The highest BCUT2D eigenvalue weighted by molar-refractivity contribution is 7.89. The number of primary sulfonamides is 1. The Bertz CT molecular complexity index is 719. The van der Waals surface area contributed by atoms with Gasteiger partial charge in [-0.2, -0.15) is 0 Å². The number of methoxy groups -OCH3 is 1. The van der Waals surface area contributed by atoms with Gasteiger partial charge in [-0.05, 0) is 51.1 Å². The molecule has 8 heteroatoms. The van der Waals surface area contributed by atoms with Crippen LogP contribution in [0.15, 0.2) is 28.1 Å². The van der Waals surface area contributed by atoms with E-state index in [2.05, 4.69) is 16.8 Å². The number of hydrogen-bond acceptors (Lipinski definition) is 6. The zero-order valence-corrected chi connectivity index (χ0v) is 15.9. The van der Waals surface area contributed by atoms with Crippen LogP contribution in [0.25, 0.3) is 0 Å². The summed E-state index contributed by atoms with van der Waals surface area (Å²) in [5, 5.41) is 5.25. The van der Waals surface area contributed by atoms with Gasteiger partial charge in [-0.1, -0.05) is 6.92 Å². The van der Waals surface area contributed by atoms with Gasteiger partial charge in [-0.15, -0.1) is 0 Å². The van der Waals surface area contributed by atoms with Crippen molar-refractivity contribution in [2.24, 2.45) is 10.1 Å². The zero-order chi connectivity index (χ0) is 18.4. The summed E-state index contributed by atoms with van der Waals surface area (Å²) in [4.78, 5) is 7.03. The van der Waals surface area contributed by atoms with Crippen molar-refractivity contribution < 1.29 is 17.9 Å². The van der Waals surface area contributed by atoms with Gasteiger partial charge in [0.2, 0.25) is 15.9 Å². The highest BCUT2D eigenvalue weighted by atomic mass is 32.2. The second kappa shape index (κ2) is 8.64. The van der Waals surface area contributed by atoms with Crippen LogP contribution in [-0.2, 0) is 14.8 Å². The van der Waals surface area contributed by atoms with E-state index in [9.17, 15) is 8.42 Å². The molecule has 7 nitrogen and oxygen atoms in total. The number of ether oxygens (including phenoxy) is 2. The number of rotatable bonds is 7. The van der Waals surface area contributed by atoms with Gasteiger partial charge in [-0.3, -0.25) is 4.90 Å². The Morgan fingerprint density at radius 2 is 2.16 bits per heavy atom. The van der Waals surface area contributed by atoms with Crippen molar-refractivity contribution in [1.29, 1.82) is 0 Å². The first-order valence-corrected chi connectivity index (χ1v) is 10.1. The average molecular weight is 369 g/mol. The Hall–Kier alpha value is -1.64. The van der Waals surface area contributed by atoms with Gasteiger partial charge >= 0.3 is 0 Å². The van der Waals surface area contributed by atoms with E-state index in [1.165, 1.54) is 25.7 Å². The van der Waals surface area contributed by atoms with Crippen LogP contribution in [0.4, 0.5) is 0 Å². The SMILES string of the molecule is CCOC(=NCC1CCCN1CC)c1cc(S(N)(=O)=O)ccc1OC. The molecule has 0 amide bonds. The minimum atomic E-state index is -3.82. The molecule has 0 saturated carbocycles. The Balaban J connectivity index is 2.36. The molecule has 1 fully saturated rings. The number of benzene rings is 1. The molecule has 0 bridgehead atoms. The highest BCUT2D eigenvalue weighted by Crippen LogP contribution is 2.24. The Morgan fingerprint density at radius 3 is 2.76 bits per heavy atom. The fourth-order valence-corrected chi connectivity index (χ4v) is 3.62. The fourth-order valence-electron chi connectivity index (χ4n) is 3.08. The third-order valence-corrected chi connectivity index (χ3v) is 5.27. The summed E-state index contributed by atoms with van der Waals surface area (Å²) in [6.45, 7) is 7.11. The molecule has 1 unspecified atom stereocenters. The molecule has 1 aromatic carbocycles. The van der Waals surface area contributed by atoms with Crippen LogP contribution < -0.4 is 9.88 Å². The Labute approximate surface area is 149 Å². The van der Waals surface area contributed by atoms with Crippen molar-refractivity contribution in [3.8, 4) is 5.75 Å². The molecule has 0 radical (unpaired) electrons. The second-order valence-corrected chi connectivity index (χ2v) is 7.47. The molecule has 1 heterocycles. The summed E-state index contributed by atoms with van der Waals surface area (Å²) >= 11 is 0. The normalized spacial score (nSPS) is 19.2. The molecule has 0 aliphatic carbocycles. The van der Waals surface area contributed by atoms with E-state index in [0.29, 0.717) is 36.4 Å². The first-order chi connectivity index (χ1) is 11.9. The van der Waals surface area contributed by atoms with Crippen LogP contribution in [0.5, 0.6) is 5.75 Å². The van der Waals surface area contributed by atoms with E-state index in [0.717, 1.165) is 19.5 Å². The minimum absolute atomic E-state index is 0.00625. The summed E-state index contributed by atoms with van der Waals surface area (Å²) < 4.78 is 34.4. The summed E-state index contributed by atoms with van der Waals surface area (Å²) in [5.74, 6) is 0.881. The lowest BCUT2D eigenvalue weighted by molar-refractivity contribution is 0.269. The number of hydrogen-bond donors (Lipinski definition) is 1. The molecule has 25 heavy (non-hydrogen) atoms. The quantitative estimate of drug-likeness (QED) is 0.582. The topological polar surface area (TPSA) is 94.2 Å². The van der Waals surface area contributed by atoms with Crippen molar-refractivity contribution in [2.75, 3.05) is 33.4 Å². The Kier molecular flexibility index (Phi) is 6.80. The molecule has 1 aliphatic heterocycles. The molecule has 0 spiro atoms. The molecule has 1 atom stereocenters. The first-order valence-electron chi connectivity index (χ1n) is 8.53. The van der Waals surface area contributed by atoms with Gasteiger partial charge in [0, 0.05) is 6.04 Å². The molecule has 1 saturated heterocycles. The van der Waals surface area contributed by atoms with Crippen LogP contribution in [0, 0.1) is 0 Å². The van der Waals surface area contributed by atoms with E-state index >= 15 is 0 Å². The molecular formula is C17H27N3O4S. The highest BCUT2D eigenvalue weighted by Gasteiger charge is 2.23. The number of nitrogens with zero attached hydrogens (tertiary/aromatic N) is 2. The summed E-state index contributed by atoms with van der Waals surface area (Å²) in [5.41, 5.74) is 0.497. The van der Waals surface area contributed by atoms with E-state index in [4.69, 9.17) is 14.6 Å². The predicted octanol–water partition coefficient (Wildman–Crippen LogP) is 1.61. The van der Waals surface area contributed by atoms with Crippen molar-refractivity contribution in [3.63, 3.8) is 0 Å². The predicted molar refractivity (Wildman–Crippen MR) is 97.7 cm³/mol. The third-order valence-electron chi connectivity index (χ3n) is 4.36. The number of nitrogens with two attached hydrogens (primary N) is 1. The van der Waals surface area contributed by atoms with Gasteiger partial charge in [0.05, 0.1) is 30.7 Å². The summed E-state index contributed by atoms with van der Waals surface area (Å²) in [7, 11) is -2.29. The number of aliphatic imine (C=N–C) groups is 1. The fraction of sp³-hybridized carbons (Fsp3) is 0.588. The van der Waals surface area contributed by atoms with Crippen molar-refractivity contribution >= 4 is 15.9 Å². The second-order valence-electron chi connectivity index (χ2n) is 5.91. The zero-order valence-electron chi connectivity index (χ0n) is 15.1. The lowest BCUT2D eigenvalue weighted by atomic mass is 10.2. The van der Waals surface area contributed by atoms with Crippen molar-refractivity contribution in [2.45, 2.75) is 37.6 Å². The van der Waals surface area contributed by atoms with Crippen molar-refractivity contribution in [3.05, 3.63) is 23.8 Å². The number of sulfonamides is 1. The van der Waals surface area contributed by atoms with E-state index in [1.807, 2.05) is 6.92 Å². The largest absolute Gasteiger partial charge is 0.496 e. The maximum atomic E-state index is 11.7. The summed E-state index contributed by atoms with van der Waals surface area (Å²) in [6, 6.07) is 4.82. The molecule has 2 rings (SSSR count). The smallest absolute Gasteiger partial charge is 0.238 e. The minimum Gasteiger partial charge on any atom is -0.496 e. The van der Waals surface area contributed by atoms with Crippen LogP contribution in [-0.4, -0.2) is 58.6 Å². The average Bonchev–Trinajstić information content (AvgIpc) is 3.04. The molecule has 0 aromatic heterocycles. The maximum absolute atomic E-state index is 11.7. The van der Waals surface area contributed by atoms with Gasteiger partial charge < -0.3 is 9.47 Å². The summed E-state index contributed by atoms with van der Waals surface area (Å²) in [6.07, 6.45) is 2.27. The van der Waals surface area contributed by atoms with E-state index in [-0.39, 0.29) is 4.90 Å². The monoisotopic (exact) mass is 369 g/mol. The van der Waals surface area contributed by atoms with Crippen LogP contribution in [0.3, 0.4) is 0 Å². The van der Waals surface area contributed by atoms with Crippen molar-refractivity contribution in [1.82, 2.24) is 4.90 Å². The van der Waals surface area contributed by atoms with Gasteiger partial charge in [0.25, 0.3) is 0 Å². The Morgan fingerprint density at radius 1 is 1.40 bits per heavy atom. The molecule has 2 N–H and O–H groups in total. The van der Waals surface area contributed by atoms with Gasteiger partial charge in [-0.25, -0.2) is 18.5 Å². The third kappa shape index (κ3) is 4.93. The lowest BCUT2D eigenvalue weighted by Gasteiger charge is -2.21. The molecule has 140 valence electrons. The van der Waals surface area contributed by atoms with Crippen LogP contribution in [0.2, 0.25) is 0 Å². The van der Waals surface area contributed by atoms with E-state index in [1.54, 1.807) is 6.07 Å². The van der Waals surface area contributed by atoms with Crippen LogP contribution >= 0.6 is 0 Å². The molecular weight excluding hydrogens is 342 g/mol. The van der Waals surface area contributed by atoms with Gasteiger partial charge in [0.15, 0.2) is 0 Å². The first kappa shape index (κ1) is 19.7. The van der Waals surface area contributed by atoms with E-state index < -0.39 is 10.0 Å². The molecule has 1 aromatic rings. The number of likely N-dealkylation sites (tertiary alicyclic amines) is 1. The standard InChI is InChI=1S/C17H27N3O4S/c1-4-20-10-6-7-13(20)12-19-17(24-5-2)15-11-14(25(18,21)22)8-9-16(15)23-3/h8-9,11,13H,4-7,10,12H2,1-3H3,(H2,18,21,22). The van der Waals surface area contributed by atoms with Crippen LogP contribution in [0.1, 0.15) is 32.3 Å².